The molecule has 0 aromatic heterocycles. The van der Waals surface area contributed by atoms with Gasteiger partial charge in [-0.25, -0.2) is 4.79 Å². The van der Waals surface area contributed by atoms with Gasteiger partial charge in [-0.1, -0.05) is 41.8 Å². The normalized spacial score (nSPS) is 15.1. The quantitative estimate of drug-likeness (QED) is 0.193. The Balaban J connectivity index is 1.00. The number of likely N-dealkylation sites (tertiary alicyclic amines) is 1. The van der Waals surface area contributed by atoms with Gasteiger partial charge in [0.15, 0.2) is 0 Å². The van der Waals surface area contributed by atoms with Crippen LogP contribution in [-0.4, -0.2) is 74.1 Å². The zero-order chi connectivity index (χ0) is 33.9. The Bertz CT molecular complexity index is 1520. The molecule has 0 atom stereocenters. The van der Waals surface area contributed by atoms with Gasteiger partial charge in [-0.05, 0) is 92.0 Å². The zero-order valence-corrected chi connectivity index (χ0v) is 28.8. The first kappa shape index (κ1) is 35.3. The minimum Gasteiger partial charge on any atom is -0.497 e. The van der Waals surface area contributed by atoms with Crippen LogP contribution in [0.25, 0.3) is 0 Å². The number of piperidine rings is 1. The highest BCUT2D eigenvalue weighted by atomic mass is 35.5. The van der Waals surface area contributed by atoms with Crippen LogP contribution in [0.2, 0.25) is 10.0 Å². The molecule has 2 aliphatic heterocycles. The van der Waals surface area contributed by atoms with Crippen LogP contribution in [0.15, 0.2) is 60.7 Å². The number of hydrogen-bond donors (Lipinski definition) is 2. The van der Waals surface area contributed by atoms with E-state index < -0.39 is 0 Å². The Morgan fingerprint density at radius 3 is 2.08 bits per heavy atom. The van der Waals surface area contributed by atoms with Crippen LogP contribution in [0.5, 0.6) is 5.75 Å². The van der Waals surface area contributed by atoms with Gasteiger partial charge in [-0.2, -0.15) is 0 Å². The highest BCUT2D eigenvalue weighted by Crippen LogP contribution is 2.33. The number of carbonyl (C=O) groups is 3. The smallest absolute Gasteiger partial charge is 0.322 e. The van der Waals surface area contributed by atoms with Crippen molar-refractivity contribution in [1.82, 2.24) is 9.80 Å². The fraction of sp³-hybridized carbons (Fsp3) is 0.417. The van der Waals surface area contributed by atoms with Crippen LogP contribution in [0, 0.1) is 0 Å². The van der Waals surface area contributed by atoms with Crippen LogP contribution in [-0.2, 0) is 27.5 Å². The van der Waals surface area contributed by atoms with Gasteiger partial charge in [0.25, 0.3) is 0 Å². The second-order valence-electron chi connectivity index (χ2n) is 12.1. The number of nitrogens with one attached hydrogen (secondary N) is 2. The van der Waals surface area contributed by atoms with E-state index in [9.17, 15) is 14.4 Å². The third kappa shape index (κ3) is 10.3. The number of methoxy groups -OCH3 is 1. The molecule has 12 heteroatoms. The monoisotopic (exact) mass is 695 g/mol. The maximum Gasteiger partial charge on any atom is 0.322 e. The van der Waals surface area contributed by atoms with Crippen molar-refractivity contribution in [3.63, 3.8) is 0 Å². The van der Waals surface area contributed by atoms with E-state index in [-0.39, 0.29) is 37.4 Å². The third-order valence-electron chi connectivity index (χ3n) is 8.62. The van der Waals surface area contributed by atoms with Crippen molar-refractivity contribution in [3.8, 4) is 5.75 Å². The number of esters is 1. The van der Waals surface area contributed by atoms with Gasteiger partial charge in [0.2, 0.25) is 5.91 Å². The lowest BCUT2D eigenvalue weighted by Gasteiger charge is -2.36. The summed E-state index contributed by atoms with van der Waals surface area (Å²) in [5.74, 6) is 0.232. The summed E-state index contributed by atoms with van der Waals surface area (Å²) in [6.07, 6.45) is 4.47. The number of hydrogen-bond acceptors (Lipinski definition) is 7. The van der Waals surface area contributed by atoms with Crippen molar-refractivity contribution in [2.45, 2.75) is 51.7 Å². The summed E-state index contributed by atoms with van der Waals surface area (Å²) in [5, 5.41) is 6.69. The van der Waals surface area contributed by atoms with E-state index >= 15 is 0 Å². The summed E-state index contributed by atoms with van der Waals surface area (Å²) < 4.78 is 10.4. The molecule has 5 rings (SSSR count). The average Bonchev–Trinajstić information content (AvgIpc) is 3.10. The second kappa shape index (κ2) is 17.4. The SMILES string of the molecule is COc1ccc(COC(=O)CCCC(=O)Nc2ccc(N3CCN(C(=O)Nc4c(Cl)cc(CN5CCCCC5)cc4Cl)CC3)cc2)cc1. The van der Waals surface area contributed by atoms with Gasteiger partial charge in [0, 0.05) is 56.9 Å². The number of carbonyl (C=O) groups excluding carboxylic acids is 3. The van der Waals surface area contributed by atoms with Gasteiger partial charge in [0.1, 0.15) is 12.4 Å². The Kier molecular flexibility index (Phi) is 12.8. The lowest BCUT2D eigenvalue weighted by atomic mass is 10.1. The number of amides is 3. The molecular formula is C36H43Cl2N5O5. The minimum absolute atomic E-state index is 0.164. The zero-order valence-electron chi connectivity index (χ0n) is 27.3. The number of urea groups is 1. The van der Waals surface area contributed by atoms with Gasteiger partial charge in [-0.15, -0.1) is 0 Å². The van der Waals surface area contributed by atoms with Crippen molar-refractivity contribution in [2.24, 2.45) is 0 Å². The molecule has 48 heavy (non-hydrogen) atoms. The number of ether oxygens (including phenoxy) is 2. The maximum absolute atomic E-state index is 13.1. The van der Waals surface area contributed by atoms with Crippen LogP contribution in [0.1, 0.15) is 49.7 Å². The van der Waals surface area contributed by atoms with E-state index in [1.807, 2.05) is 60.7 Å². The number of nitrogens with zero attached hydrogens (tertiary/aromatic N) is 3. The van der Waals surface area contributed by atoms with Crippen LogP contribution >= 0.6 is 23.2 Å². The van der Waals surface area contributed by atoms with E-state index in [1.54, 1.807) is 12.0 Å². The number of rotatable bonds is 12. The van der Waals surface area contributed by atoms with Gasteiger partial charge < -0.3 is 29.9 Å². The molecule has 3 amide bonds. The molecule has 0 saturated carbocycles. The summed E-state index contributed by atoms with van der Waals surface area (Å²) in [6.45, 7) is 5.53. The standard InChI is InChI=1S/C36H43Cl2N5O5/c1-47-30-14-8-26(9-15-30)25-48-34(45)7-5-6-33(44)39-28-10-12-29(13-11-28)42-18-20-43(21-19-42)36(46)40-35-31(37)22-27(23-32(35)38)24-41-16-3-2-4-17-41/h8-15,22-23H,2-7,16-21,24-25H2,1H3,(H,39,44)(H,40,46). The summed E-state index contributed by atoms with van der Waals surface area (Å²) in [5.41, 5.74) is 4.04. The van der Waals surface area contributed by atoms with Gasteiger partial charge in [-0.3, -0.25) is 14.5 Å². The number of piperazine rings is 1. The molecule has 2 fully saturated rings. The largest absolute Gasteiger partial charge is 0.497 e. The molecule has 0 radical (unpaired) electrons. The highest BCUT2D eigenvalue weighted by molar-refractivity contribution is 6.39. The molecule has 2 aliphatic rings. The summed E-state index contributed by atoms with van der Waals surface area (Å²) in [7, 11) is 1.60. The van der Waals surface area contributed by atoms with E-state index in [1.165, 1.54) is 19.3 Å². The Hall–Kier alpha value is -3.99. The van der Waals surface area contributed by atoms with E-state index in [0.29, 0.717) is 54.0 Å². The third-order valence-corrected chi connectivity index (χ3v) is 9.21. The summed E-state index contributed by atoms with van der Waals surface area (Å²) >= 11 is 13.1. The van der Waals surface area contributed by atoms with Crippen LogP contribution in [0.4, 0.5) is 21.9 Å². The lowest BCUT2D eigenvalue weighted by Crippen LogP contribution is -2.50. The Morgan fingerprint density at radius 2 is 1.44 bits per heavy atom. The van der Waals surface area contributed by atoms with Crippen LogP contribution in [0.3, 0.4) is 0 Å². The number of benzene rings is 3. The fourth-order valence-electron chi connectivity index (χ4n) is 5.90. The minimum atomic E-state index is -0.342. The summed E-state index contributed by atoms with van der Waals surface area (Å²) in [4.78, 5) is 44.0. The molecule has 0 aliphatic carbocycles. The first-order valence-electron chi connectivity index (χ1n) is 16.5. The Morgan fingerprint density at radius 1 is 0.771 bits per heavy atom. The maximum atomic E-state index is 13.1. The Labute approximate surface area is 292 Å². The molecular weight excluding hydrogens is 653 g/mol. The van der Waals surface area contributed by atoms with Crippen molar-refractivity contribution in [3.05, 3.63) is 81.8 Å². The van der Waals surface area contributed by atoms with E-state index in [2.05, 4.69) is 20.4 Å². The molecule has 0 bridgehead atoms. The lowest BCUT2D eigenvalue weighted by molar-refractivity contribution is -0.145. The molecule has 10 nitrogen and oxygen atoms in total. The number of halogens is 2. The highest BCUT2D eigenvalue weighted by Gasteiger charge is 2.23. The van der Waals surface area contributed by atoms with Crippen molar-refractivity contribution < 1.29 is 23.9 Å². The molecule has 0 unspecified atom stereocenters. The van der Waals surface area contributed by atoms with Crippen molar-refractivity contribution in [2.75, 3.05) is 61.9 Å². The topological polar surface area (TPSA) is 103 Å². The molecule has 0 spiro atoms. The predicted molar refractivity (Wildman–Crippen MR) is 190 cm³/mol. The van der Waals surface area contributed by atoms with E-state index in [4.69, 9.17) is 32.7 Å². The first-order valence-corrected chi connectivity index (χ1v) is 17.2. The van der Waals surface area contributed by atoms with Gasteiger partial charge in [0.05, 0.1) is 22.8 Å². The van der Waals surface area contributed by atoms with Crippen molar-refractivity contribution >= 4 is 58.2 Å². The first-order chi connectivity index (χ1) is 23.3. The average molecular weight is 697 g/mol. The molecule has 2 heterocycles. The fourth-order valence-corrected chi connectivity index (χ4v) is 6.52. The molecule has 2 N–H and O–H groups in total. The van der Waals surface area contributed by atoms with E-state index in [0.717, 1.165) is 42.2 Å². The predicted octanol–water partition coefficient (Wildman–Crippen LogP) is 7.19. The molecule has 3 aromatic carbocycles. The molecule has 3 aromatic rings. The van der Waals surface area contributed by atoms with Crippen LogP contribution < -0.4 is 20.3 Å². The van der Waals surface area contributed by atoms with Gasteiger partial charge >= 0.3 is 12.0 Å². The molecule has 2 saturated heterocycles. The van der Waals surface area contributed by atoms with Crippen molar-refractivity contribution in [1.29, 1.82) is 0 Å². The number of anilines is 3. The summed E-state index contributed by atoms with van der Waals surface area (Å²) in [6, 6.07) is 18.5. The molecule has 256 valence electrons. The second-order valence-corrected chi connectivity index (χ2v) is 12.9.